The molecule has 9 heavy (non-hydrogen) atoms. The molecule has 1 aromatic heterocycles. The topological polar surface area (TPSA) is 76.2 Å². The Labute approximate surface area is 55.0 Å². The highest BCUT2D eigenvalue weighted by atomic mass is 32.1. The van der Waals surface area contributed by atoms with Crippen molar-refractivity contribution < 1.29 is 9.90 Å². The van der Waals surface area contributed by atoms with E-state index in [2.05, 4.69) is 11.2 Å². The zero-order valence-electron chi connectivity index (χ0n) is 4.29. The number of hydrogen-bond acceptors (Lipinski definition) is 4. The van der Waals surface area contributed by atoms with Crippen molar-refractivity contribution >= 4 is 22.3 Å². The fourth-order valence-electron chi connectivity index (χ4n) is 0.347. The lowest BCUT2D eigenvalue weighted by molar-refractivity contribution is 0.0696. The van der Waals surface area contributed by atoms with Crippen LogP contribution in [-0.2, 0) is 0 Å². The predicted molar refractivity (Wildman–Crippen MR) is 32.3 cm³/mol. The second-order valence-corrected chi connectivity index (χ2v) is 2.33. The lowest BCUT2D eigenvalue weighted by Gasteiger charge is -1.78. The molecule has 1 heterocycles. The van der Waals surface area contributed by atoms with Gasteiger partial charge >= 0.3 is 5.97 Å². The monoisotopic (exact) mass is 143 g/mol. The second kappa shape index (κ2) is 2.02. The lowest BCUT2D eigenvalue weighted by atomic mass is 10.7. The van der Waals surface area contributed by atoms with Gasteiger partial charge in [0.1, 0.15) is 11.2 Å². The molecule has 1 aromatic rings. The summed E-state index contributed by atoms with van der Waals surface area (Å²) in [7, 11) is 0. The molecule has 0 bridgehead atoms. The number of nitrogens with zero attached hydrogens (tertiary/aromatic N) is 1. The Bertz CT molecular complexity index is 232. The van der Waals surface area contributed by atoms with Gasteiger partial charge in [0, 0.05) is 0 Å². The number of carbonyl (C=O) groups is 1. The highest BCUT2D eigenvalue weighted by Crippen LogP contribution is 2.12. The smallest absolute Gasteiger partial charge is 0.365 e. The summed E-state index contributed by atoms with van der Waals surface area (Å²) in [6.45, 7) is 0. The Balaban J connectivity index is 2.98. The number of nitrogen functional groups attached to an aromatic ring is 1. The predicted octanol–water partition coefficient (Wildman–Crippen LogP) is 0.224. The van der Waals surface area contributed by atoms with Gasteiger partial charge in [-0.2, -0.15) is 0 Å². The Kier molecular flexibility index (Phi) is 1.35. The molecule has 0 fully saturated rings. The van der Waals surface area contributed by atoms with Gasteiger partial charge in [0.25, 0.3) is 0 Å². The Morgan fingerprint density at radius 3 is 2.78 bits per heavy atom. The first kappa shape index (κ1) is 6.03. The number of carboxylic acids is 1. The van der Waals surface area contributed by atoms with Gasteiger partial charge in [-0.3, -0.25) is 0 Å². The molecule has 0 unspecified atom stereocenters. The molecule has 0 aliphatic rings. The summed E-state index contributed by atoms with van der Waals surface area (Å²) in [6.07, 6.45) is 2.32. The average molecular weight is 143 g/mol. The van der Waals surface area contributed by atoms with Crippen molar-refractivity contribution in [3.8, 4) is 0 Å². The minimum absolute atomic E-state index is 0.0208. The molecule has 4 nitrogen and oxygen atoms in total. The van der Waals surface area contributed by atoms with Crippen LogP contribution in [0.25, 0.3) is 0 Å². The maximum Gasteiger partial charge on any atom is 0.365 e. The summed E-state index contributed by atoms with van der Waals surface area (Å²) in [5.74, 6) is -1.06. The molecule has 0 spiro atoms. The number of aromatic nitrogens is 1. The summed E-state index contributed by atoms with van der Waals surface area (Å²) >= 11 is 0.907. The first-order chi connectivity index (χ1) is 4.20. The van der Waals surface area contributed by atoms with Crippen LogP contribution in [0.2, 0.25) is 0 Å². The third-order valence-electron chi connectivity index (χ3n) is 0.657. The fourth-order valence-corrected chi connectivity index (χ4v) is 0.825. The molecule has 0 saturated heterocycles. The number of aromatic carboxylic acids is 1. The largest absolute Gasteiger partial charge is 0.476 e. The second-order valence-electron chi connectivity index (χ2n) is 1.30. The third kappa shape index (κ3) is 1.17. The molecular formula is C4H3N2O2S. The number of hydrogen-bond donors (Lipinski definition) is 2. The number of thiazole rings is 1. The zero-order valence-corrected chi connectivity index (χ0v) is 5.10. The first-order valence-corrected chi connectivity index (χ1v) is 2.89. The quantitative estimate of drug-likeness (QED) is 0.589. The van der Waals surface area contributed by atoms with E-state index in [1.54, 1.807) is 0 Å². The minimum atomic E-state index is -1.06. The van der Waals surface area contributed by atoms with E-state index < -0.39 is 5.97 Å². The summed E-state index contributed by atoms with van der Waals surface area (Å²) in [5, 5.41) is 8.55. The fraction of sp³-hybridized carbons (Fsp3) is 0. The molecule has 0 atom stereocenters. The third-order valence-corrected chi connectivity index (χ3v) is 1.43. The molecule has 0 aliphatic carbocycles. The average Bonchev–Trinajstić information content (AvgIpc) is 2.14. The van der Waals surface area contributed by atoms with E-state index in [-0.39, 0.29) is 5.01 Å². The highest BCUT2D eigenvalue weighted by molar-refractivity contribution is 7.17. The Morgan fingerprint density at radius 2 is 2.56 bits per heavy atom. The summed E-state index contributed by atoms with van der Waals surface area (Å²) in [4.78, 5) is 13.5. The van der Waals surface area contributed by atoms with Crippen LogP contribution in [0, 0.1) is 6.20 Å². The van der Waals surface area contributed by atoms with Crippen molar-refractivity contribution in [3.05, 3.63) is 11.2 Å². The first-order valence-electron chi connectivity index (χ1n) is 2.07. The highest BCUT2D eigenvalue weighted by Gasteiger charge is 2.06. The van der Waals surface area contributed by atoms with Crippen LogP contribution in [0.15, 0.2) is 0 Å². The molecule has 0 aromatic carbocycles. The van der Waals surface area contributed by atoms with Gasteiger partial charge in [0.2, 0.25) is 5.01 Å². The molecule has 1 radical (unpaired) electrons. The number of carboxylic acid groups (broad SMARTS) is 1. The minimum Gasteiger partial charge on any atom is -0.476 e. The maximum absolute atomic E-state index is 10.1. The molecule has 0 aliphatic heterocycles. The molecule has 47 valence electrons. The van der Waals surface area contributed by atoms with Crippen LogP contribution >= 0.6 is 11.3 Å². The Hall–Kier alpha value is -1.10. The van der Waals surface area contributed by atoms with Gasteiger partial charge in [-0.05, 0) is 0 Å². The van der Waals surface area contributed by atoms with E-state index in [0.717, 1.165) is 11.3 Å². The van der Waals surface area contributed by atoms with E-state index in [1.165, 1.54) is 0 Å². The summed E-state index contributed by atoms with van der Waals surface area (Å²) in [5.41, 5.74) is 5.15. The van der Waals surface area contributed by atoms with Gasteiger partial charge < -0.3 is 10.8 Å². The van der Waals surface area contributed by atoms with E-state index in [9.17, 15) is 4.79 Å². The van der Waals surface area contributed by atoms with Crippen LogP contribution in [0.5, 0.6) is 0 Å². The standard InChI is InChI=1S/C4H3N2O2S/c5-2-1-6-3(9-2)4(7)8/h5H2,(H,7,8). The van der Waals surface area contributed by atoms with Crippen LogP contribution < -0.4 is 5.73 Å². The van der Waals surface area contributed by atoms with Gasteiger partial charge in [0.15, 0.2) is 0 Å². The summed E-state index contributed by atoms with van der Waals surface area (Å²) in [6, 6.07) is 0. The Morgan fingerprint density at radius 1 is 1.89 bits per heavy atom. The number of nitrogens with two attached hydrogens (primary N) is 1. The summed E-state index contributed by atoms with van der Waals surface area (Å²) < 4.78 is 0. The van der Waals surface area contributed by atoms with Gasteiger partial charge in [-0.25, -0.2) is 9.78 Å². The van der Waals surface area contributed by atoms with Crippen molar-refractivity contribution in [2.45, 2.75) is 0 Å². The molecule has 1 rings (SSSR count). The van der Waals surface area contributed by atoms with Crippen LogP contribution in [-0.4, -0.2) is 16.1 Å². The van der Waals surface area contributed by atoms with Gasteiger partial charge in [-0.1, -0.05) is 11.3 Å². The van der Waals surface area contributed by atoms with Crippen LogP contribution in [0.3, 0.4) is 0 Å². The maximum atomic E-state index is 10.1. The lowest BCUT2D eigenvalue weighted by Crippen LogP contribution is -1.92. The molecule has 5 heteroatoms. The SMILES string of the molecule is Nc1[c]nc(C(=O)O)s1. The van der Waals surface area contributed by atoms with Crippen molar-refractivity contribution in [2.75, 3.05) is 5.73 Å². The van der Waals surface area contributed by atoms with Crippen molar-refractivity contribution in [1.82, 2.24) is 4.98 Å². The van der Waals surface area contributed by atoms with E-state index in [0.29, 0.717) is 5.00 Å². The number of rotatable bonds is 1. The van der Waals surface area contributed by atoms with Crippen LogP contribution in [0.1, 0.15) is 9.80 Å². The van der Waals surface area contributed by atoms with Crippen molar-refractivity contribution in [3.63, 3.8) is 0 Å². The number of anilines is 1. The van der Waals surface area contributed by atoms with Gasteiger partial charge in [-0.15, -0.1) is 0 Å². The van der Waals surface area contributed by atoms with Crippen LogP contribution in [0.4, 0.5) is 5.00 Å². The zero-order chi connectivity index (χ0) is 6.85. The van der Waals surface area contributed by atoms with E-state index in [4.69, 9.17) is 10.8 Å². The van der Waals surface area contributed by atoms with Gasteiger partial charge in [0.05, 0.1) is 0 Å². The van der Waals surface area contributed by atoms with E-state index in [1.807, 2.05) is 0 Å². The van der Waals surface area contributed by atoms with E-state index >= 15 is 0 Å². The molecule has 0 saturated carbocycles. The van der Waals surface area contributed by atoms with Crippen molar-refractivity contribution in [2.24, 2.45) is 0 Å². The molecular weight excluding hydrogens is 140 g/mol. The molecule has 3 N–H and O–H groups in total. The molecule has 0 amide bonds. The normalized spacial score (nSPS) is 9.33. The van der Waals surface area contributed by atoms with Crippen molar-refractivity contribution in [1.29, 1.82) is 0 Å².